The molecule has 2 heterocycles. The van der Waals surface area contributed by atoms with Gasteiger partial charge in [0.25, 0.3) is 5.91 Å². The van der Waals surface area contributed by atoms with E-state index in [1.165, 1.54) is 11.3 Å². The van der Waals surface area contributed by atoms with Crippen LogP contribution in [0, 0.1) is 0 Å². The number of benzene rings is 2. The Kier molecular flexibility index (Phi) is 6.24. The molecule has 0 bridgehead atoms. The van der Waals surface area contributed by atoms with Crippen molar-refractivity contribution in [2.45, 2.75) is 6.54 Å². The maximum Gasteiger partial charge on any atom is 0.286 e. The number of fused-ring (bicyclic) bond motifs is 2. The van der Waals surface area contributed by atoms with Gasteiger partial charge in [-0.15, -0.1) is 0 Å². The van der Waals surface area contributed by atoms with Crippen LogP contribution in [0.1, 0.15) is 0 Å². The molecule has 2 aromatic carbocycles. The fourth-order valence-corrected chi connectivity index (χ4v) is 4.73. The zero-order valence-corrected chi connectivity index (χ0v) is 18.5. The number of aromatic nitrogens is 1. The molecule has 3 aromatic rings. The average molecular weight is 471 g/mol. The van der Waals surface area contributed by atoms with Crippen LogP contribution in [0.15, 0.2) is 35.3 Å². The fraction of sp³-hybridized carbons (Fsp3) is 0.263. The molecule has 29 heavy (non-hydrogen) atoms. The van der Waals surface area contributed by atoms with E-state index in [0.717, 1.165) is 22.5 Å². The summed E-state index contributed by atoms with van der Waals surface area (Å²) in [5.41, 5.74) is 0.960. The van der Waals surface area contributed by atoms with Crippen LogP contribution in [-0.2, 0) is 11.3 Å². The number of halogens is 2. The van der Waals surface area contributed by atoms with Gasteiger partial charge in [0, 0.05) is 29.5 Å². The Balaban J connectivity index is 1.62. The van der Waals surface area contributed by atoms with Gasteiger partial charge in [-0.2, -0.15) is 16.8 Å². The monoisotopic (exact) mass is 470 g/mol. The molecule has 0 unspecified atom stereocenters. The van der Waals surface area contributed by atoms with E-state index in [2.05, 4.69) is 4.99 Å². The summed E-state index contributed by atoms with van der Waals surface area (Å²) < 4.78 is 19.4. The molecule has 0 atom stereocenters. The number of amides is 1. The number of carbonyl (C=O) groups excluding carboxylic acids is 1. The summed E-state index contributed by atoms with van der Waals surface area (Å²) in [5, 5.41) is 0.843. The number of ether oxygens (including phenoxy) is 3. The smallest absolute Gasteiger partial charge is 0.286 e. The molecule has 4 rings (SSSR count). The van der Waals surface area contributed by atoms with Crippen LogP contribution in [-0.4, -0.2) is 35.9 Å². The highest BCUT2D eigenvalue weighted by molar-refractivity contribution is 7.98. The maximum absolute atomic E-state index is 12.4. The highest BCUT2D eigenvalue weighted by atomic mass is 35.5. The predicted octanol–water partition coefficient (Wildman–Crippen LogP) is 4.61. The third-order valence-corrected chi connectivity index (χ3v) is 6.32. The van der Waals surface area contributed by atoms with E-state index >= 15 is 0 Å². The molecule has 0 saturated heterocycles. The Hall–Kier alpha value is -1.87. The summed E-state index contributed by atoms with van der Waals surface area (Å²) >= 11 is 15.1. The van der Waals surface area contributed by atoms with Gasteiger partial charge in [0.05, 0.1) is 15.2 Å². The molecule has 152 valence electrons. The predicted molar refractivity (Wildman–Crippen MR) is 117 cm³/mol. The van der Waals surface area contributed by atoms with Gasteiger partial charge in [0.2, 0.25) is 6.79 Å². The van der Waals surface area contributed by atoms with Gasteiger partial charge in [0.15, 0.2) is 22.9 Å². The molecular formula is C19H16Cl2N2O4S2. The molecule has 0 spiro atoms. The largest absolute Gasteiger partial charge is 0.482 e. The topological polar surface area (TPSA) is 62.1 Å². The highest BCUT2D eigenvalue weighted by Crippen LogP contribution is 2.37. The van der Waals surface area contributed by atoms with Crippen molar-refractivity contribution in [3.8, 4) is 17.2 Å². The normalized spacial score (nSPS) is 13.3. The first-order valence-corrected chi connectivity index (χ1v) is 11.6. The van der Waals surface area contributed by atoms with Crippen molar-refractivity contribution in [2.24, 2.45) is 4.99 Å². The number of nitrogens with zero attached hydrogens (tertiary/aromatic N) is 2. The van der Waals surface area contributed by atoms with Crippen molar-refractivity contribution in [3.63, 3.8) is 0 Å². The van der Waals surface area contributed by atoms with Crippen molar-refractivity contribution in [1.29, 1.82) is 0 Å². The lowest BCUT2D eigenvalue weighted by atomic mass is 10.3. The Labute approximate surface area is 185 Å². The summed E-state index contributed by atoms with van der Waals surface area (Å²) in [4.78, 5) is 17.3. The van der Waals surface area contributed by atoms with Crippen LogP contribution in [0.25, 0.3) is 10.2 Å². The zero-order valence-electron chi connectivity index (χ0n) is 15.3. The Morgan fingerprint density at radius 1 is 1.28 bits per heavy atom. The Morgan fingerprint density at radius 2 is 2.07 bits per heavy atom. The first-order valence-electron chi connectivity index (χ1n) is 8.62. The molecular weight excluding hydrogens is 455 g/mol. The SMILES string of the molecule is CSCCn1c(=NC(=O)COc2ccc(Cl)cc2Cl)sc2cc3c(cc21)OCO3. The van der Waals surface area contributed by atoms with Crippen LogP contribution in [0.5, 0.6) is 17.2 Å². The van der Waals surface area contributed by atoms with E-state index in [0.29, 0.717) is 32.1 Å². The van der Waals surface area contributed by atoms with Gasteiger partial charge in [0.1, 0.15) is 5.75 Å². The number of hydrogen-bond donors (Lipinski definition) is 0. The first-order chi connectivity index (χ1) is 14.0. The molecule has 0 aliphatic carbocycles. The Morgan fingerprint density at radius 3 is 2.83 bits per heavy atom. The molecule has 0 saturated carbocycles. The van der Waals surface area contributed by atoms with E-state index in [4.69, 9.17) is 37.4 Å². The molecule has 1 aliphatic heterocycles. The van der Waals surface area contributed by atoms with Crippen LogP contribution in [0.3, 0.4) is 0 Å². The minimum Gasteiger partial charge on any atom is -0.482 e. The van der Waals surface area contributed by atoms with E-state index in [-0.39, 0.29) is 13.4 Å². The lowest BCUT2D eigenvalue weighted by Gasteiger charge is -2.06. The van der Waals surface area contributed by atoms with Crippen molar-refractivity contribution in [3.05, 3.63) is 45.2 Å². The molecule has 1 amide bonds. The zero-order chi connectivity index (χ0) is 20.4. The third-order valence-electron chi connectivity index (χ3n) is 4.16. The van der Waals surface area contributed by atoms with E-state index in [1.807, 2.05) is 23.0 Å². The van der Waals surface area contributed by atoms with E-state index in [9.17, 15) is 4.79 Å². The van der Waals surface area contributed by atoms with Crippen molar-refractivity contribution < 1.29 is 19.0 Å². The van der Waals surface area contributed by atoms with E-state index in [1.54, 1.807) is 30.0 Å². The van der Waals surface area contributed by atoms with Crippen molar-refractivity contribution in [2.75, 3.05) is 25.4 Å². The van der Waals surface area contributed by atoms with Gasteiger partial charge in [-0.1, -0.05) is 34.5 Å². The van der Waals surface area contributed by atoms with Crippen molar-refractivity contribution >= 4 is 62.4 Å². The Bertz CT molecular complexity index is 1140. The fourth-order valence-electron chi connectivity index (χ4n) is 2.81. The lowest BCUT2D eigenvalue weighted by Crippen LogP contribution is -2.20. The van der Waals surface area contributed by atoms with Crippen LogP contribution >= 0.6 is 46.3 Å². The number of thioether (sulfide) groups is 1. The number of rotatable bonds is 6. The van der Waals surface area contributed by atoms with Crippen molar-refractivity contribution in [1.82, 2.24) is 4.57 Å². The summed E-state index contributed by atoms with van der Waals surface area (Å²) in [6.07, 6.45) is 2.04. The van der Waals surface area contributed by atoms with E-state index < -0.39 is 5.91 Å². The molecule has 0 fully saturated rings. The number of hydrogen-bond acceptors (Lipinski definition) is 6. The second kappa shape index (κ2) is 8.87. The van der Waals surface area contributed by atoms with Crippen LogP contribution in [0.4, 0.5) is 0 Å². The number of carbonyl (C=O) groups is 1. The molecule has 10 heteroatoms. The number of aryl methyl sites for hydroxylation is 1. The van der Waals surface area contributed by atoms with Gasteiger partial charge in [-0.25, -0.2) is 0 Å². The van der Waals surface area contributed by atoms with Gasteiger partial charge >= 0.3 is 0 Å². The van der Waals surface area contributed by atoms with Gasteiger partial charge in [-0.3, -0.25) is 4.79 Å². The van der Waals surface area contributed by atoms with Crippen LogP contribution < -0.4 is 19.0 Å². The second-order valence-corrected chi connectivity index (χ2v) is 8.91. The van der Waals surface area contributed by atoms with Crippen LogP contribution in [0.2, 0.25) is 10.0 Å². The highest BCUT2D eigenvalue weighted by Gasteiger charge is 2.18. The minimum absolute atomic E-state index is 0.220. The lowest BCUT2D eigenvalue weighted by molar-refractivity contribution is -0.120. The molecule has 0 N–H and O–H groups in total. The standard InChI is InChI=1S/C19H16Cl2N2O4S2/c1-28-5-4-23-13-7-15-16(27-10-26-15)8-17(13)29-19(23)22-18(24)9-25-14-3-2-11(20)6-12(14)21/h2-3,6-8H,4-5,9-10H2,1H3. The maximum atomic E-state index is 12.4. The van der Waals surface area contributed by atoms with Gasteiger partial charge < -0.3 is 18.8 Å². The molecule has 1 aromatic heterocycles. The summed E-state index contributed by atoms with van der Waals surface area (Å²) in [7, 11) is 0. The third kappa shape index (κ3) is 4.50. The molecule has 0 radical (unpaired) electrons. The molecule has 1 aliphatic rings. The summed E-state index contributed by atoms with van der Waals surface area (Å²) in [5.74, 6) is 2.28. The average Bonchev–Trinajstić information content (AvgIpc) is 3.27. The quantitative estimate of drug-likeness (QED) is 0.526. The summed E-state index contributed by atoms with van der Waals surface area (Å²) in [6.45, 7) is 0.718. The number of thiazole rings is 1. The summed E-state index contributed by atoms with van der Waals surface area (Å²) in [6, 6.07) is 8.69. The van der Waals surface area contributed by atoms with Gasteiger partial charge in [-0.05, 0) is 24.5 Å². The first kappa shape index (κ1) is 20.4. The molecule has 6 nitrogen and oxygen atoms in total. The minimum atomic E-state index is -0.402. The second-order valence-electron chi connectivity index (χ2n) is 6.07.